The van der Waals surface area contributed by atoms with Crippen LogP contribution in [0.2, 0.25) is 0 Å². The molecule has 1 atom stereocenters. The normalized spacial score (nSPS) is 11.8. The molecule has 0 radical (unpaired) electrons. The molecule has 92 valence electrons. The molecule has 0 aliphatic carbocycles. The Kier molecular flexibility index (Phi) is 3.63. The monoisotopic (exact) mass is 241 g/mol. The van der Waals surface area contributed by atoms with E-state index in [1.165, 1.54) is 6.92 Å². The van der Waals surface area contributed by atoms with Gasteiger partial charge in [-0.15, -0.1) is 0 Å². The van der Waals surface area contributed by atoms with Gasteiger partial charge in [0.05, 0.1) is 6.04 Å². The van der Waals surface area contributed by atoms with Crippen LogP contribution < -0.4 is 5.32 Å². The van der Waals surface area contributed by atoms with Crippen molar-refractivity contribution in [2.24, 2.45) is 0 Å². The van der Waals surface area contributed by atoms with E-state index in [0.717, 1.165) is 11.1 Å². The SMILES string of the molecule is CC(=O)N[C@@H](c1ccccc1)c1ccc(O)cc1. The van der Waals surface area contributed by atoms with Gasteiger partial charge in [0.2, 0.25) is 5.91 Å². The van der Waals surface area contributed by atoms with E-state index in [9.17, 15) is 9.90 Å². The predicted molar refractivity (Wildman–Crippen MR) is 70.2 cm³/mol. The number of rotatable bonds is 3. The van der Waals surface area contributed by atoms with E-state index >= 15 is 0 Å². The highest BCUT2D eigenvalue weighted by atomic mass is 16.3. The van der Waals surface area contributed by atoms with Crippen molar-refractivity contribution in [3.05, 3.63) is 65.7 Å². The first-order valence-corrected chi connectivity index (χ1v) is 5.78. The van der Waals surface area contributed by atoms with E-state index in [1.807, 2.05) is 42.5 Å². The number of hydrogen-bond donors (Lipinski definition) is 2. The van der Waals surface area contributed by atoms with Crippen LogP contribution in [0.1, 0.15) is 24.1 Å². The number of phenols is 1. The molecule has 2 N–H and O–H groups in total. The quantitative estimate of drug-likeness (QED) is 0.867. The van der Waals surface area contributed by atoms with Gasteiger partial charge in [0.25, 0.3) is 0 Å². The Balaban J connectivity index is 2.36. The lowest BCUT2D eigenvalue weighted by Gasteiger charge is -2.18. The van der Waals surface area contributed by atoms with E-state index < -0.39 is 0 Å². The fraction of sp³-hybridized carbons (Fsp3) is 0.133. The van der Waals surface area contributed by atoms with Crippen molar-refractivity contribution in [3.63, 3.8) is 0 Å². The summed E-state index contributed by atoms with van der Waals surface area (Å²) in [7, 11) is 0. The number of carbonyl (C=O) groups excluding carboxylic acids is 1. The number of aromatic hydroxyl groups is 1. The highest BCUT2D eigenvalue weighted by Crippen LogP contribution is 2.23. The zero-order chi connectivity index (χ0) is 13.0. The van der Waals surface area contributed by atoms with Gasteiger partial charge in [0.1, 0.15) is 5.75 Å². The van der Waals surface area contributed by atoms with E-state index in [4.69, 9.17) is 0 Å². The summed E-state index contributed by atoms with van der Waals surface area (Å²) < 4.78 is 0. The summed E-state index contributed by atoms with van der Waals surface area (Å²) in [6, 6.07) is 16.4. The van der Waals surface area contributed by atoms with Gasteiger partial charge in [0, 0.05) is 6.92 Å². The first-order valence-electron chi connectivity index (χ1n) is 5.78. The Morgan fingerprint density at radius 2 is 1.56 bits per heavy atom. The second kappa shape index (κ2) is 5.36. The molecule has 0 unspecified atom stereocenters. The molecule has 0 fully saturated rings. The number of phenolic OH excluding ortho intramolecular Hbond substituents is 1. The molecule has 2 aromatic carbocycles. The van der Waals surface area contributed by atoms with Crippen molar-refractivity contribution < 1.29 is 9.90 Å². The topological polar surface area (TPSA) is 49.3 Å². The maximum absolute atomic E-state index is 11.3. The zero-order valence-corrected chi connectivity index (χ0v) is 10.1. The van der Waals surface area contributed by atoms with Crippen LogP contribution in [0.25, 0.3) is 0 Å². The third kappa shape index (κ3) is 2.88. The van der Waals surface area contributed by atoms with Gasteiger partial charge in [-0.2, -0.15) is 0 Å². The molecule has 0 saturated carbocycles. The first-order chi connectivity index (χ1) is 8.66. The summed E-state index contributed by atoms with van der Waals surface area (Å²) in [6.07, 6.45) is 0. The molecule has 3 nitrogen and oxygen atoms in total. The Morgan fingerprint density at radius 1 is 1.00 bits per heavy atom. The Bertz CT molecular complexity index is 520. The molecule has 2 aromatic rings. The molecule has 0 aromatic heterocycles. The molecule has 0 aliphatic rings. The van der Waals surface area contributed by atoms with E-state index in [1.54, 1.807) is 12.1 Å². The van der Waals surface area contributed by atoms with Crippen molar-refractivity contribution in [3.8, 4) is 5.75 Å². The molecule has 18 heavy (non-hydrogen) atoms. The smallest absolute Gasteiger partial charge is 0.217 e. The minimum absolute atomic E-state index is 0.0862. The van der Waals surface area contributed by atoms with Crippen molar-refractivity contribution in [1.29, 1.82) is 0 Å². The van der Waals surface area contributed by atoms with Crippen molar-refractivity contribution in [2.75, 3.05) is 0 Å². The molecular weight excluding hydrogens is 226 g/mol. The maximum atomic E-state index is 11.3. The molecule has 1 amide bonds. The third-order valence-corrected chi connectivity index (χ3v) is 2.71. The van der Waals surface area contributed by atoms with Gasteiger partial charge in [-0.25, -0.2) is 0 Å². The first kappa shape index (κ1) is 12.2. The highest BCUT2D eigenvalue weighted by Gasteiger charge is 2.14. The Hall–Kier alpha value is -2.29. The van der Waals surface area contributed by atoms with Crippen molar-refractivity contribution in [2.45, 2.75) is 13.0 Å². The van der Waals surface area contributed by atoms with E-state index in [-0.39, 0.29) is 17.7 Å². The minimum atomic E-state index is -0.190. The van der Waals surface area contributed by atoms with Gasteiger partial charge < -0.3 is 10.4 Å². The molecule has 2 rings (SSSR count). The van der Waals surface area contributed by atoms with Crippen LogP contribution in [-0.2, 0) is 4.79 Å². The molecule has 0 spiro atoms. The fourth-order valence-corrected chi connectivity index (χ4v) is 1.87. The zero-order valence-electron chi connectivity index (χ0n) is 10.1. The second-order valence-corrected chi connectivity index (χ2v) is 4.14. The fourth-order valence-electron chi connectivity index (χ4n) is 1.87. The molecule has 3 heteroatoms. The van der Waals surface area contributed by atoms with Gasteiger partial charge in [0.15, 0.2) is 0 Å². The van der Waals surface area contributed by atoms with Crippen molar-refractivity contribution in [1.82, 2.24) is 5.32 Å². The highest BCUT2D eigenvalue weighted by molar-refractivity contribution is 5.74. The lowest BCUT2D eigenvalue weighted by Crippen LogP contribution is -2.26. The molecule has 0 heterocycles. The summed E-state index contributed by atoms with van der Waals surface area (Å²) >= 11 is 0. The molecule has 0 bridgehead atoms. The second-order valence-electron chi connectivity index (χ2n) is 4.14. The Morgan fingerprint density at radius 3 is 2.11 bits per heavy atom. The maximum Gasteiger partial charge on any atom is 0.217 e. The number of benzene rings is 2. The van der Waals surface area contributed by atoms with Crippen LogP contribution in [0.3, 0.4) is 0 Å². The summed E-state index contributed by atoms with van der Waals surface area (Å²) in [5.74, 6) is 0.130. The van der Waals surface area contributed by atoms with Gasteiger partial charge in [-0.05, 0) is 23.3 Å². The standard InChI is InChI=1S/C15H15NO2/c1-11(17)16-15(12-5-3-2-4-6-12)13-7-9-14(18)10-8-13/h2-10,15,18H,1H3,(H,16,17)/t15-/m0/s1. The van der Waals surface area contributed by atoms with Gasteiger partial charge in [-0.1, -0.05) is 42.5 Å². The van der Waals surface area contributed by atoms with E-state index in [2.05, 4.69) is 5.32 Å². The van der Waals surface area contributed by atoms with Crippen LogP contribution in [0, 0.1) is 0 Å². The molecule has 0 saturated heterocycles. The minimum Gasteiger partial charge on any atom is -0.508 e. The summed E-state index contributed by atoms with van der Waals surface area (Å²) in [6.45, 7) is 1.50. The Labute approximate surface area is 106 Å². The average molecular weight is 241 g/mol. The summed E-state index contributed by atoms with van der Waals surface area (Å²) in [4.78, 5) is 11.3. The predicted octanol–water partition coefficient (Wildman–Crippen LogP) is 2.62. The average Bonchev–Trinajstić information content (AvgIpc) is 2.38. The molecular formula is C15H15NO2. The number of amides is 1. The van der Waals surface area contributed by atoms with Crippen LogP contribution in [0.4, 0.5) is 0 Å². The summed E-state index contributed by atoms with van der Waals surface area (Å²) in [5, 5.41) is 12.2. The third-order valence-electron chi connectivity index (χ3n) is 2.71. The number of nitrogens with one attached hydrogen (secondary N) is 1. The van der Waals surface area contributed by atoms with Crippen LogP contribution in [-0.4, -0.2) is 11.0 Å². The van der Waals surface area contributed by atoms with Crippen LogP contribution >= 0.6 is 0 Å². The van der Waals surface area contributed by atoms with Crippen LogP contribution in [0.15, 0.2) is 54.6 Å². The van der Waals surface area contributed by atoms with Crippen LogP contribution in [0.5, 0.6) is 5.75 Å². The lowest BCUT2D eigenvalue weighted by atomic mass is 9.98. The largest absolute Gasteiger partial charge is 0.508 e. The lowest BCUT2D eigenvalue weighted by molar-refractivity contribution is -0.119. The number of hydrogen-bond acceptors (Lipinski definition) is 2. The van der Waals surface area contributed by atoms with Gasteiger partial charge >= 0.3 is 0 Å². The summed E-state index contributed by atoms with van der Waals surface area (Å²) in [5.41, 5.74) is 1.95. The van der Waals surface area contributed by atoms with Gasteiger partial charge in [-0.3, -0.25) is 4.79 Å². The van der Waals surface area contributed by atoms with Crippen molar-refractivity contribution >= 4 is 5.91 Å². The number of carbonyl (C=O) groups is 1. The molecule has 0 aliphatic heterocycles. The van der Waals surface area contributed by atoms with E-state index in [0.29, 0.717) is 0 Å².